The average molecular weight is 411 g/mol. The Hall–Kier alpha value is -2.80. The maximum absolute atomic E-state index is 13.1. The van der Waals surface area contributed by atoms with Crippen molar-refractivity contribution in [3.8, 4) is 0 Å². The van der Waals surface area contributed by atoms with Gasteiger partial charge in [-0.15, -0.1) is 11.3 Å². The minimum atomic E-state index is -0.292. The number of benzene rings is 1. The van der Waals surface area contributed by atoms with Crippen molar-refractivity contribution in [2.24, 2.45) is 0 Å². The van der Waals surface area contributed by atoms with E-state index in [0.717, 1.165) is 52.9 Å². The van der Waals surface area contributed by atoms with E-state index in [1.165, 1.54) is 12.1 Å². The molecule has 1 fully saturated rings. The molecule has 3 heterocycles. The van der Waals surface area contributed by atoms with E-state index in [1.54, 1.807) is 23.5 Å². The van der Waals surface area contributed by atoms with Crippen LogP contribution >= 0.6 is 11.3 Å². The Kier molecular flexibility index (Phi) is 5.58. The Balaban J connectivity index is 1.53. The number of nitrogens with zero attached hydrogens (tertiary/aromatic N) is 3. The summed E-state index contributed by atoms with van der Waals surface area (Å²) in [5, 5.41) is 6.19. The van der Waals surface area contributed by atoms with Crippen molar-refractivity contribution in [2.45, 2.75) is 39.2 Å². The normalized spacial score (nSPS) is 16.2. The molecule has 5 nitrogen and oxygen atoms in total. The molecule has 4 rings (SSSR count). The summed E-state index contributed by atoms with van der Waals surface area (Å²) >= 11 is 1.56. The topological polar surface area (TPSA) is 58.1 Å². The second-order valence-electron chi connectivity index (χ2n) is 7.39. The highest BCUT2D eigenvalue weighted by atomic mass is 32.1. The van der Waals surface area contributed by atoms with E-state index < -0.39 is 0 Å². The van der Waals surface area contributed by atoms with Crippen LogP contribution in [0.2, 0.25) is 0 Å². The Morgan fingerprint density at radius 1 is 1.21 bits per heavy atom. The Morgan fingerprint density at radius 3 is 2.72 bits per heavy atom. The number of likely N-dealkylation sites (tertiary alicyclic amines) is 1. The first-order chi connectivity index (χ1) is 14.0. The number of carbonyl (C=O) groups is 1. The first-order valence-electron chi connectivity index (χ1n) is 9.69. The molecule has 0 bridgehead atoms. The molecule has 1 aliphatic rings. The van der Waals surface area contributed by atoms with Crippen molar-refractivity contribution in [3.63, 3.8) is 0 Å². The van der Waals surface area contributed by atoms with Crippen LogP contribution in [0, 0.1) is 19.7 Å². The van der Waals surface area contributed by atoms with Crippen molar-refractivity contribution in [3.05, 3.63) is 70.2 Å². The summed E-state index contributed by atoms with van der Waals surface area (Å²) in [7, 11) is 0. The van der Waals surface area contributed by atoms with Gasteiger partial charge in [-0.25, -0.2) is 9.37 Å². The molecular weight excluding hydrogens is 387 g/mol. The molecule has 1 N–H and O–H groups in total. The van der Waals surface area contributed by atoms with Gasteiger partial charge in [0.05, 0.1) is 23.9 Å². The molecule has 0 aliphatic carbocycles. The van der Waals surface area contributed by atoms with Gasteiger partial charge < -0.3 is 10.2 Å². The summed E-state index contributed by atoms with van der Waals surface area (Å²) < 4.78 is 13.1. The third kappa shape index (κ3) is 4.62. The van der Waals surface area contributed by atoms with Crippen molar-refractivity contribution in [1.29, 1.82) is 0 Å². The van der Waals surface area contributed by atoms with Crippen molar-refractivity contribution in [2.75, 3.05) is 11.9 Å². The molecule has 1 aromatic carbocycles. The molecule has 0 radical (unpaired) electrons. The smallest absolute Gasteiger partial charge is 0.227 e. The van der Waals surface area contributed by atoms with Gasteiger partial charge in [0.1, 0.15) is 5.82 Å². The monoisotopic (exact) mass is 410 g/mol. The van der Waals surface area contributed by atoms with Crippen LogP contribution in [0.3, 0.4) is 0 Å². The largest absolute Gasteiger partial charge is 0.334 e. The Morgan fingerprint density at radius 2 is 2.00 bits per heavy atom. The van der Waals surface area contributed by atoms with Gasteiger partial charge in [0, 0.05) is 23.3 Å². The van der Waals surface area contributed by atoms with E-state index >= 15 is 0 Å². The highest BCUT2D eigenvalue weighted by Crippen LogP contribution is 2.33. The summed E-state index contributed by atoms with van der Waals surface area (Å²) in [4.78, 5) is 24.0. The minimum absolute atomic E-state index is 0.0403. The summed E-state index contributed by atoms with van der Waals surface area (Å²) in [6.45, 7) is 4.64. The molecule has 3 aromatic rings. The molecular formula is C22H23FN4OS. The van der Waals surface area contributed by atoms with Gasteiger partial charge in [0.25, 0.3) is 0 Å². The van der Waals surface area contributed by atoms with E-state index in [9.17, 15) is 9.18 Å². The number of hydrogen-bond acceptors (Lipinski definition) is 5. The van der Waals surface area contributed by atoms with Gasteiger partial charge in [0.2, 0.25) is 5.91 Å². The summed E-state index contributed by atoms with van der Waals surface area (Å²) in [6.07, 6.45) is 2.11. The van der Waals surface area contributed by atoms with Crippen LogP contribution in [0.15, 0.2) is 41.8 Å². The van der Waals surface area contributed by atoms with Gasteiger partial charge in [-0.2, -0.15) is 0 Å². The zero-order valence-corrected chi connectivity index (χ0v) is 17.3. The molecule has 7 heteroatoms. The van der Waals surface area contributed by atoms with Crippen LogP contribution in [0.4, 0.5) is 15.2 Å². The van der Waals surface area contributed by atoms with Crippen LogP contribution in [0.25, 0.3) is 0 Å². The number of hydrogen-bond donors (Lipinski definition) is 1. The number of pyridine rings is 1. The number of carbonyl (C=O) groups excluding carboxylic acids is 1. The second-order valence-corrected chi connectivity index (χ2v) is 8.25. The van der Waals surface area contributed by atoms with Gasteiger partial charge in [-0.3, -0.25) is 9.78 Å². The first-order valence-corrected chi connectivity index (χ1v) is 10.6. The van der Waals surface area contributed by atoms with E-state index in [4.69, 9.17) is 4.98 Å². The predicted molar refractivity (Wildman–Crippen MR) is 113 cm³/mol. The number of thiazole rings is 1. The number of anilines is 2. The number of aromatic nitrogens is 2. The van der Waals surface area contributed by atoms with E-state index in [0.29, 0.717) is 0 Å². The summed E-state index contributed by atoms with van der Waals surface area (Å²) in [6, 6.07) is 10.1. The van der Waals surface area contributed by atoms with Gasteiger partial charge >= 0.3 is 0 Å². The molecule has 2 aromatic heterocycles. The molecule has 0 spiro atoms. The Bertz CT molecular complexity index is 1020. The Labute approximate surface area is 173 Å². The molecule has 0 saturated carbocycles. The van der Waals surface area contributed by atoms with Crippen LogP contribution in [-0.2, 0) is 11.2 Å². The predicted octanol–water partition coefficient (Wildman–Crippen LogP) is 4.94. The number of halogens is 1. The lowest BCUT2D eigenvalue weighted by Gasteiger charge is -2.25. The quantitative estimate of drug-likeness (QED) is 0.647. The number of amides is 1. The fraction of sp³-hybridized carbons (Fsp3) is 0.318. The number of aryl methyl sites for hydroxylation is 2. The molecule has 150 valence electrons. The maximum atomic E-state index is 13.1. The lowest BCUT2D eigenvalue weighted by molar-refractivity contribution is -0.131. The fourth-order valence-corrected chi connectivity index (χ4v) is 4.43. The lowest BCUT2D eigenvalue weighted by Crippen LogP contribution is -2.32. The zero-order valence-electron chi connectivity index (χ0n) is 16.5. The van der Waals surface area contributed by atoms with E-state index in [1.807, 2.05) is 36.3 Å². The van der Waals surface area contributed by atoms with Crippen LogP contribution < -0.4 is 5.32 Å². The fourth-order valence-electron chi connectivity index (χ4n) is 3.72. The van der Waals surface area contributed by atoms with Gasteiger partial charge in [-0.1, -0.05) is 12.1 Å². The van der Waals surface area contributed by atoms with Crippen LogP contribution in [0.5, 0.6) is 0 Å². The molecule has 1 atom stereocenters. The molecule has 0 unspecified atom stereocenters. The van der Waals surface area contributed by atoms with Gasteiger partial charge in [0.15, 0.2) is 5.13 Å². The highest BCUT2D eigenvalue weighted by molar-refractivity contribution is 7.13. The van der Waals surface area contributed by atoms with Crippen molar-refractivity contribution < 1.29 is 9.18 Å². The maximum Gasteiger partial charge on any atom is 0.227 e. The van der Waals surface area contributed by atoms with Gasteiger partial charge in [-0.05, 0) is 56.5 Å². The standard InChI is InChI=1S/C22H23FN4OS/c1-14-10-18(26-22-25-15(2)13-29-22)12-19(24-14)20-4-3-9-27(20)21(28)11-16-5-7-17(23)8-6-16/h5-8,10,12-13,20H,3-4,9,11H2,1-2H3,(H,24,25,26)/t20-/m1/s1. The third-order valence-corrected chi connectivity index (χ3v) is 5.90. The molecule has 1 aliphatic heterocycles. The zero-order chi connectivity index (χ0) is 20.4. The molecule has 29 heavy (non-hydrogen) atoms. The summed E-state index contributed by atoms with van der Waals surface area (Å²) in [5.41, 5.74) is 4.53. The van der Waals surface area contributed by atoms with Crippen molar-refractivity contribution >= 4 is 28.1 Å². The number of rotatable bonds is 5. The molecule has 1 amide bonds. The number of nitrogens with one attached hydrogen (secondary N) is 1. The SMILES string of the molecule is Cc1cc(Nc2nc(C)cs2)cc([C@H]2CCCN2C(=O)Cc2ccc(F)cc2)n1. The lowest BCUT2D eigenvalue weighted by atomic mass is 10.1. The van der Waals surface area contributed by atoms with E-state index in [-0.39, 0.29) is 24.2 Å². The summed E-state index contributed by atoms with van der Waals surface area (Å²) in [5.74, 6) is -0.243. The van der Waals surface area contributed by atoms with Crippen molar-refractivity contribution in [1.82, 2.24) is 14.9 Å². The third-order valence-electron chi connectivity index (χ3n) is 5.03. The molecule has 1 saturated heterocycles. The van der Waals surface area contributed by atoms with Crippen LogP contribution in [0.1, 0.15) is 41.5 Å². The first kappa shape index (κ1) is 19.5. The van der Waals surface area contributed by atoms with E-state index in [2.05, 4.69) is 10.3 Å². The average Bonchev–Trinajstić information content (AvgIpc) is 3.32. The van der Waals surface area contributed by atoms with Crippen LogP contribution in [-0.4, -0.2) is 27.3 Å². The second kappa shape index (κ2) is 8.29. The minimum Gasteiger partial charge on any atom is -0.334 e. The highest BCUT2D eigenvalue weighted by Gasteiger charge is 2.31.